The number of rotatable bonds is 0. The number of hydrogen-bond acceptors (Lipinski definition) is 3. The molecule has 0 aliphatic rings. The van der Waals surface area contributed by atoms with Crippen LogP contribution in [0.15, 0.2) is 14.2 Å². The first-order valence-electron chi connectivity index (χ1n) is 4.23. The lowest BCUT2D eigenvalue weighted by atomic mass is 10.4. The van der Waals surface area contributed by atoms with Gasteiger partial charge in [0.25, 0.3) is 5.56 Å². The fraction of sp³-hybridized carbons (Fsp3) is 0.375. The molecule has 0 atom stereocenters. The Morgan fingerprint density at radius 3 is 2.27 bits per heavy atom. The maximum atomic E-state index is 11.8. The summed E-state index contributed by atoms with van der Waals surface area (Å²) in [4.78, 5) is 23.4. The molecule has 0 fully saturated rings. The molecule has 2 aromatic rings. The van der Waals surface area contributed by atoms with Gasteiger partial charge in [0.15, 0.2) is 10.1 Å². The summed E-state index contributed by atoms with van der Waals surface area (Å²) in [6.45, 7) is 0. The van der Waals surface area contributed by atoms with Crippen molar-refractivity contribution in [2.45, 2.75) is 0 Å². The first-order valence-corrected chi connectivity index (χ1v) is 5.02. The maximum absolute atomic E-state index is 11.8. The van der Waals surface area contributed by atoms with Crippen molar-refractivity contribution in [3.63, 3.8) is 0 Å². The number of aromatic nitrogens is 4. The largest absolute Gasteiger partial charge is 0.331 e. The second kappa shape index (κ2) is 3.06. The van der Waals surface area contributed by atoms with Gasteiger partial charge in [-0.3, -0.25) is 18.6 Å². The van der Waals surface area contributed by atoms with Crippen LogP contribution in [0.2, 0.25) is 0 Å². The van der Waals surface area contributed by atoms with Crippen LogP contribution in [0.1, 0.15) is 0 Å². The first-order chi connectivity index (χ1) is 6.95. The Labute approximate surface area is 92.9 Å². The van der Waals surface area contributed by atoms with Crippen LogP contribution in [-0.2, 0) is 21.1 Å². The zero-order valence-electron chi connectivity index (χ0n) is 8.48. The summed E-state index contributed by atoms with van der Waals surface area (Å²) in [7, 11) is 4.72. The van der Waals surface area contributed by atoms with Crippen molar-refractivity contribution in [3.05, 3.63) is 25.4 Å². The van der Waals surface area contributed by atoms with Gasteiger partial charge in [-0.1, -0.05) is 0 Å². The molecule has 2 rings (SSSR count). The van der Waals surface area contributed by atoms with Crippen molar-refractivity contribution in [1.29, 1.82) is 0 Å². The molecule has 0 saturated heterocycles. The van der Waals surface area contributed by atoms with Crippen molar-refractivity contribution < 1.29 is 0 Å². The molecule has 0 unspecified atom stereocenters. The summed E-state index contributed by atoms with van der Waals surface area (Å²) in [5.41, 5.74) is 0.229. The summed E-state index contributed by atoms with van der Waals surface area (Å²) in [6, 6.07) is 0. The third-order valence-electron chi connectivity index (χ3n) is 2.40. The van der Waals surface area contributed by atoms with E-state index < -0.39 is 0 Å². The fourth-order valence-corrected chi connectivity index (χ4v) is 2.27. The molecule has 7 heteroatoms. The average Bonchev–Trinajstić information content (AvgIpc) is 2.47. The van der Waals surface area contributed by atoms with Crippen LogP contribution >= 0.6 is 15.9 Å². The van der Waals surface area contributed by atoms with Gasteiger partial charge in [-0.25, -0.2) is 4.79 Å². The van der Waals surface area contributed by atoms with E-state index in [1.54, 1.807) is 14.1 Å². The molecule has 0 N–H and O–H groups in total. The standard InChI is InChI=1S/C8H9BrN4O2/c1-11-4-5(13(3)10-6(4)9)7(14)12(2)8(11)15/h1-3H3. The van der Waals surface area contributed by atoms with Gasteiger partial charge in [-0.15, -0.1) is 0 Å². The van der Waals surface area contributed by atoms with Crippen molar-refractivity contribution in [1.82, 2.24) is 18.9 Å². The zero-order chi connectivity index (χ0) is 11.3. The van der Waals surface area contributed by atoms with Crippen LogP contribution in [-0.4, -0.2) is 18.9 Å². The Hall–Kier alpha value is -1.37. The highest BCUT2D eigenvalue weighted by Crippen LogP contribution is 2.17. The molecular weight excluding hydrogens is 264 g/mol. The van der Waals surface area contributed by atoms with E-state index in [0.717, 1.165) is 4.57 Å². The Morgan fingerprint density at radius 2 is 1.67 bits per heavy atom. The van der Waals surface area contributed by atoms with Crippen LogP contribution in [0, 0.1) is 0 Å². The number of fused-ring (bicyclic) bond motifs is 1. The summed E-state index contributed by atoms with van der Waals surface area (Å²) in [5.74, 6) is 0. The minimum Gasteiger partial charge on any atom is -0.292 e. The smallest absolute Gasteiger partial charge is 0.292 e. The van der Waals surface area contributed by atoms with Crippen LogP contribution < -0.4 is 11.2 Å². The molecule has 0 aliphatic heterocycles. The molecule has 2 aromatic heterocycles. The lowest BCUT2D eigenvalue weighted by molar-refractivity contribution is 0.703. The molecule has 0 bridgehead atoms. The molecule has 0 aliphatic carbocycles. The summed E-state index contributed by atoms with van der Waals surface area (Å²) in [6.07, 6.45) is 0. The van der Waals surface area contributed by atoms with E-state index in [0.29, 0.717) is 15.6 Å². The SMILES string of the molecule is Cn1c(=O)c2c(c(Br)nn2C)n(C)c1=O. The molecular formula is C8H9BrN4O2. The summed E-state index contributed by atoms with van der Waals surface area (Å²) in [5, 5.41) is 4.05. The van der Waals surface area contributed by atoms with E-state index in [9.17, 15) is 9.59 Å². The van der Waals surface area contributed by atoms with Gasteiger partial charge in [-0.05, 0) is 15.9 Å². The van der Waals surface area contributed by atoms with E-state index in [4.69, 9.17) is 0 Å². The second-order valence-corrected chi connectivity index (χ2v) is 4.07. The van der Waals surface area contributed by atoms with Crippen molar-refractivity contribution >= 4 is 27.0 Å². The van der Waals surface area contributed by atoms with E-state index in [-0.39, 0.29) is 11.2 Å². The predicted octanol–water partition coefficient (Wildman–Crippen LogP) is -0.267. The molecule has 0 amide bonds. The van der Waals surface area contributed by atoms with Gasteiger partial charge in [0, 0.05) is 21.1 Å². The van der Waals surface area contributed by atoms with Crippen LogP contribution in [0.5, 0.6) is 0 Å². The quantitative estimate of drug-likeness (QED) is 0.664. The molecule has 0 radical (unpaired) electrons. The van der Waals surface area contributed by atoms with E-state index in [1.165, 1.54) is 16.3 Å². The van der Waals surface area contributed by atoms with E-state index in [1.807, 2.05) is 0 Å². The van der Waals surface area contributed by atoms with E-state index in [2.05, 4.69) is 21.0 Å². The summed E-state index contributed by atoms with van der Waals surface area (Å²) >= 11 is 3.22. The molecule has 15 heavy (non-hydrogen) atoms. The third-order valence-corrected chi connectivity index (χ3v) is 2.93. The van der Waals surface area contributed by atoms with Gasteiger partial charge in [-0.2, -0.15) is 5.10 Å². The van der Waals surface area contributed by atoms with Crippen LogP contribution in [0.4, 0.5) is 0 Å². The summed E-state index contributed by atoms with van der Waals surface area (Å²) < 4.78 is 4.42. The minimum atomic E-state index is -0.360. The lowest BCUT2D eigenvalue weighted by Gasteiger charge is -2.03. The van der Waals surface area contributed by atoms with Crippen LogP contribution in [0.3, 0.4) is 0 Å². The molecule has 0 spiro atoms. The number of halogens is 1. The Bertz CT molecular complexity index is 664. The van der Waals surface area contributed by atoms with Crippen molar-refractivity contribution in [3.8, 4) is 0 Å². The highest BCUT2D eigenvalue weighted by atomic mass is 79.9. The maximum Gasteiger partial charge on any atom is 0.331 e. The Morgan fingerprint density at radius 1 is 1.07 bits per heavy atom. The second-order valence-electron chi connectivity index (χ2n) is 3.32. The topological polar surface area (TPSA) is 61.8 Å². The average molecular weight is 273 g/mol. The predicted molar refractivity (Wildman–Crippen MR) is 58.9 cm³/mol. The molecule has 0 aromatic carbocycles. The van der Waals surface area contributed by atoms with Gasteiger partial charge in [0.05, 0.1) is 0 Å². The highest BCUT2D eigenvalue weighted by Gasteiger charge is 2.15. The number of nitrogens with zero attached hydrogens (tertiary/aromatic N) is 4. The molecule has 0 saturated carbocycles. The molecule has 2 heterocycles. The third kappa shape index (κ3) is 1.19. The van der Waals surface area contributed by atoms with Crippen molar-refractivity contribution in [2.24, 2.45) is 21.1 Å². The molecule has 6 nitrogen and oxygen atoms in total. The van der Waals surface area contributed by atoms with Gasteiger partial charge in [0.1, 0.15) is 5.52 Å². The minimum absolute atomic E-state index is 0.339. The van der Waals surface area contributed by atoms with Gasteiger partial charge < -0.3 is 0 Å². The normalized spacial score (nSPS) is 11.2. The van der Waals surface area contributed by atoms with E-state index >= 15 is 0 Å². The Kier molecular flexibility index (Phi) is 2.07. The number of hydrogen-bond donors (Lipinski definition) is 0. The van der Waals surface area contributed by atoms with Crippen molar-refractivity contribution in [2.75, 3.05) is 0 Å². The number of aryl methyl sites for hydroxylation is 2. The molecule has 80 valence electrons. The fourth-order valence-electron chi connectivity index (χ4n) is 1.58. The van der Waals surface area contributed by atoms with Crippen LogP contribution in [0.25, 0.3) is 11.0 Å². The lowest BCUT2D eigenvalue weighted by Crippen LogP contribution is -2.37. The first kappa shape index (κ1) is 10.2. The van der Waals surface area contributed by atoms with Gasteiger partial charge in [0.2, 0.25) is 0 Å². The Balaban J connectivity index is 3.26. The van der Waals surface area contributed by atoms with Gasteiger partial charge >= 0.3 is 5.69 Å². The monoisotopic (exact) mass is 272 g/mol. The highest BCUT2D eigenvalue weighted by molar-refractivity contribution is 9.10. The zero-order valence-corrected chi connectivity index (χ0v) is 10.1.